The monoisotopic (exact) mass is 399 g/mol. The molecule has 0 spiro atoms. The van der Waals surface area contributed by atoms with E-state index in [0.717, 1.165) is 17.8 Å². The number of benzene rings is 1. The number of aryl methyl sites for hydroxylation is 2. The van der Waals surface area contributed by atoms with Crippen molar-refractivity contribution in [3.8, 4) is 11.6 Å². The Balaban J connectivity index is 1.61. The van der Waals surface area contributed by atoms with Gasteiger partial charge >= 0.3 is 6.03 Å². The number of methoxy groups -OCH3 is 1. The van der Waals surface area contributed by atoms with Crippen molar-refractivity contribution in [3.05, 3.63) is 35.7 Å². The van der Waals surface area contributed by atoms with Crippen molar-refractivity contribution >= 4 is 17.5 Å². The maximum Gasteiger partial charge on any atom is 0.322 e. The predicted octanol–water partition coefficient (Wildman–Crippen LogP) is 3.24. The number of anilines is 2. The molecule has 8 nitrogen and oxygen atoms in total. The van der Waals surface area contributed by atoms with E-state index >= 15 is 0 Å². The standard InChI is InChI=1S/C21H29N5O3/c1-5-12-29-20-14-19(22-16(3)23-20)25-8-10-26(11-9-25)21(27)24-17-13-15(2)6-7-18(17)28-4/h6-7,13-14H,5,8-12H2,1-4H3,(H,24,27). The molecule has 0 unspecified atom stereocenters. The number of rotatable bonds is 6. The first-order valence-electron chi connectivity index (χ1n) is 9.94. The Labute approximate surface area is 171 Å². The van der Waals surface area contributed by atoms with Crippen molar-refractivity contribution in [1.29, 1.82) is 0 Å². The average Bonchev–Trinajstić information content (AvgIpc) is 2.72. The Morgan fingerprint density at radius 2 is 1.90 bits per heavy atom. The van der Waals surface area contributed by atoms with Gasteiger partial charge in [-0.2, -0.15) is 4.98 Å². The Kier molecular flexibility index (Phi) is 6.74. The van der Waals surface area contributed by atoms with E-state index in [4.69, 9.17) is 9.47 Å². The van der Waals surface area contributed by atoms with Crippen LogP contribution in [0.15, 0.2) is 24.3 Å². The maximum absolute atomic E-state index is 12.7. The van der Waals surface area contributed by atoms with Crippen LogP contribution >= 0.6 is 0 Å². The van der Waals surface area contributed by atoms with Gasteiger partial charge in [-0.25, -0.2) is 9.78 Å². The Bertz CT molecular complexity index is 850. The minimum Gasteiger partial charge on any atom is -0.495 e. The minimum absolute atomic E-state index is 0.126. The summed E-state index contributed by atoms with van der Waals surface area (Å²) in [6.07, 6.45) is 0.928. The van der Waals surface area contributed by atoms with Crippen LogP contribution in [0.1, 0.15) is 24.7 Å². The van der Waals surface area contributed by atoms with Gasteiger partial charge in [0.15, 0.2) is 0 Å². The van der Waals surface area contributed by atoms with Crippen molar-refractivity contribution in [1.82, 2.24) is 14.9 Å². The molecule has 156 valence electrons. The van der Waals surface area contributed by atoms with Crippen molar-refractivity contribution in [2.45, 2.75) is 27.2 Å². The van der Waals surface area contributed by atoms with Gasteiger partial charge in [0.2, 0.25) is 5.88 Å². The first-order chi connectivity index (χ1) is 14.0. The summed E-state index contributed by atoms with van der Waals surface area (Å²) in [4.78, 5) is 25.5. The van der Waals surface area contributed by atoms with Gasteiger partial charge in [-0.05, 0) is 38.0 Å². The second-order valence-electron chi connectivity index (χ2n) is 7.07. The van der Waals surface area contributed by atoms with Crippen LogP contribution in [0.25, 0.3) is 0 Å². The average molecular weight is 399 g/mol. The lowest BCUT2D eigenvalue weighted by atomic mass is 10.2. The summed E-state index contributed by atoms with van der Waals surface area (Å²) >= 11 is 0. The summed E-state index contributed by atoms with van der Waals surface area (Å²) in [6.45, 7) is 9.14. The number of nitrogens with one attached hydrogen (secondary N) is 1. The van der Waals surface area contributed by atoms with E-state index in [0.29, 0.717) is 55.9 Å². The fraction of sp³-hybridized carbons (Fsp3) is 0.476. The molecule has 1 fully saturated rings. The summed E-state index contributed by atoms with van der Waals surface area (Å²) in [5.41, 5.74) is 1.75. The lowest BCUT2D eigenvalue weighted by molar-refractivity contribution is 0.208. The number of nitrogens with zero attached hydrogens (tertiary/aromatic N) is 4. The molecule has 1 saturated heterocycles. The summed E-state index contributed by atoms with van der Waals surface area (Å²) in [5, 5.41) is 2.97. The normalized spacial score (nSPS) is 13.9. The largest absolute Gasteiger partial charge is 0.495 e. The molecule has 0 bridgehead atoms. The molecule has 3 rings (SSSR count). The molecule has 2 heterocycles. The van der Waals surface area contributed by atoms with E-state index in [1.165, 1.54) is 0 Å². The fourth-order valence-corrected chi connectivity index (χ4v) is 3.22. The summed E-state index contributed by atoms with van der Waals surface area (Å²) in [6, 6.07) is 7.47. The molecule has 0 saturated carbocycles. The molecule has 8 heteroatoms. The number of piperazine rings is 1. The molecule has 0 aliphatic carbocycles. The smallest absolute Gasteiger partial charge is 0.322 e. The topological polar surface area (TPSA) is 79.8 Å². The van der Waals surface area contributed by atoms with E-state index in [2.05, 4.69) is 27.1 Å². The maximum atomic E-state index is 12.7. The van der Waals surface area contributed by atoms with Crippen LogP contribution in [-0.4, -0.2) is 60.8 Å². The summed E-state index contributed by atoms with van der Waals surface area (Å²) in [5.74, 6) is 2.77. The molecular formula is C21H29N5O3. The molecule has 2 amide bonds. The first-order valence-corrected chi connectivity index (χ1v) is 9.94. The van der Waals surface area contributed by atoms with Crippen LogP contribution in [0, 0.1) is 13.8 Å². The van der Waals surface area contributed by atoms with Gasteiger partial charge in [-0.3, -0.25) is 0 Å². The van der Waals surface area contributed by atoms with Crippen LogP contribution in [0.2, 0.25) is 0 Å². The van der Waals surface area contributed by atoms with E-state index in [-0.39, 0.29) is 6.03 Å². The number of amides is 2. The Morgan fingerprint density at radius 3 is 2.59 bits per heavy atom. The van der Waals surface area contributed by atoms with Gasteiger partial charge in [-0.15, -0.1) is 0 Å². The third-order valence-electron chi connectivity index (χ3n) is 4.74. The van der Waals surface area contributed by atoms with Crippen LogP contribution in [0.4, 0.5) is 16.3 Å². The van der Waals surface area contributed by atoms with E-state index in [1.54, 1.807) is 12.0 Å². The van der Waals surface area contributed by atoms with Crippen LogP contribution in [0.3, 0.4) is 0 Å². The predicted molar refractivity (Wildman–Crippen MR) is 113 cm³/mol. The number of hydrogen-bond donors (Lipinski definition) is 1. The van der Waals surface area contributed by atoms with Crippen LogP contribution < -0.4 is 19.7 Å². The Morgan fingerprint density at radius 1 is 1.14 bits per heavy atom. The molecule has 1 aromatic heterocycles. The van der Waals surface area contributed by atoms with Crippen molar-refractivity contribution < 1.29 is 14.3 Å². The SMILES string of the molecule is CCCOc1cc(N2CCN(C(=O)Nc3cc(C)ccc3OC)CC2)nc(C)n1. The Hall–Kier alpha value is -3.03. The highest BCUT2D eigenvalue weighted by atomic mass is 16.5. The lowest BCUT2D eigenvalue weighted by Gasteiger charge is -2.35. The zero-order valence-corrected chi connectivity index (χ0v) is 17.6. The number of ether oxygens (including phenoxy) is 2. The molecule has 1 aromatic carbocycles. The highest BCUT2D eigenvalue weighted by Gasteiger charge is 2.23. The van der Waals surface area contributed by atoms with E-state index in [1.807, 2.05) is 38.1 Å². The number of aromatic nitrogens is 2. The van der Waals surface area contributed by atoms with E-state index in [9.17, 15) is 4.79 Å². The highest BCUT2D eigenvalue weighted by molar-refractivity contribution is 5.91. The van der Waals surface area contributed by atoms with Gasteiger partial charge in [0.05, 0.1) is 19.4 Å². The number of carbonyl (C=O) groups is 1. The zero-order valence-electron chi connectivity index (χ0n) is 17.6. The van der Waals surface area contributed by atoms with Crippen LogP contribution in [-0.2, 0) is 0 Å². The number of hydrogen-bond acceptors (Lipinski definition) is 6. The van der Waals surface area contributed by atoms with Gasteiger partial charge in [0.1, 0.15) is 17.4 Å². The minimum atomic E-state index is -0.126. The van der Waals surface area contributed by atoms with Gasteiger partial charge in [-0.1, -0.05) is 13.0 Å². The molecule has 1 N–H and O–H groups in total. The number of carbonyl (C=O) groups excluding carboxylic acids is 1. The van der Waals surface area contributed by atoms with E-state index < -0.39 is 0 Å². The lowest BCUT2D eigenvalue weighted by Crippen LogP contribution is -2.50. The van der Waals surface area contributed by atoms with Gasteiger partial charge in [0.25, 0.3) is 0 Å². The highest BCUT2D eigenvalue weighted by Crippen LogP contribution is 2.26. The molecule has 1 aliphatic rings. The number of urea groups is 1. The first kappa shape index (κ1) is 20.7. The third-order valence-corrected chi connectivity index (χ3v) is 4.74. The van der Waals surface area contributed by atoms with Gasteiger partial charge in [0, 0.05) is 32.2 Å². The molecule has 1 aliphatic heterocycles. The van der Waals surface area contributed by atoms with Gasteiger partial charge < -0.3 is 24.6 Å². The van der Waals surface area contributed by atoms with Crippen LogP contribution in [0.5, 0.6) is 11.6 Å². The van der Waals surface area contributed by atoms with Crippen molar-refractivity contribution in [2.24, 2.45) is 0 Å². The molecule has 0 atom stereocenters. The van der Waals surface area contributed by atoms with Crippen molar-refractivity contribution in [3.63, 3.8) is 0 Å². The molecular weight excluding hydrogens is 370 g/mol. The van der Waals surface area contributed by atoms with Crippen molar-refractivity contribution in [2.75, 3.05) is 50.1 Å². The molecule has 29 heavy (non-hydrogen) atoms. The quantitative estimate of drug-likeness (QED) is 0.803. The molecule has 0 radical (unpaired) electrons. The summed E-state index contributed by atoms with van der Waals surface area (Å²) < 4.78 is 11.0. The molecule has 2 aromatic rings. The fourth-order valence-electron chi connectivity index (χ4n) is 3.22. The third kappa shape index (κ3) is 5.28. The second-order valence-corrected chi connectivity index (χ2v) is 7.07. The zero-order chi connectivity index (χ0) is 20.8. The second kappa shape index (κ2) is 9.45. The summed E-state index contributed by atoms with van der Waals surface area (Å²) in [7, 11) is 1.60.